The Labute approximate surface area is 164 Å². The Kier molecular flexibility index (Phi) is 5.60. The number of rotatable bonds is 4. The normalized spacial score (nSPS) is 11.1. The Balaban J connectivity index is 1.83. The molecule has 1 aromatic heterocycles. The molecule has 0 fully saturated rings. The van der Waals surface area contributed by atoms with Gasteiger partial charge in [-0.25, -0.2) is 4.39 Å². The van der Waals surface area contributed by atoms with E-state index in [-0.39, 0.29) is 11.3 Å². The topological polar surface area (TPSA) is 66.0 Å². The van der Waals surface area contributed by atoms with E-state index in [1.807, 2.05) is 0 Å². The van der Waals surface area contributed by atoms with Crippen molar-refractivity contribution >= 4 is 40.9 Å². The van der Waals surface area contributed by atoms with Crippen molar-refractivity contribution in [1.82, 2.24) is 0 Å². The van der Waals surface area contributed by atoms with E-state index in [0.29, 0.717) is 27.1 Å². The highest BCUT2D eigenvalue weighted by molar-refractivity contribution is 6.36. The minimum Gasteiger partial charge on any atom is -0.457 e. The molecular weight excluding hydrogens is 390 g/mol. The van der Waals surface area contributed by atoms with Crippen LogP contribution in [0.4, 0.5) is 10.1 Å². The SMILES string of the molecule is N#C/C(=C\c1ccc(-c2ccc(Cl)cc2Cl)o1)C(=O)Nc1cccc(F)c1. The summed E-state index contributed by atoms with van der Waals surface area (Å²) in [6.45, 7) is 0. The molecule has 2 aromatic carbocycles. The zero-order valence-electron chi connectivity index (χ0n) is 13.7. The number of hydrogen-bond donors (Lipinski definition) is 1. The van der Waals surface area contributed by atoms with Crippen LogP contribution in [0.3, 0.4) is 0 Å². The molecule has 0 saturated heterocycles. The molecule has 3 aromatic rings. The predicted molar refractivity (Wildman–Crippen MR) is 103 cm³/mol. The van der Waals surface area contributed by atoms with Crippen molar-refractivity contribution in [2.24, 2.45) is 0 Å². The average molecular weight is 401 g/mol. The summed E-state index contributed by atoms with van der Waals surface area (Å²) in [6, 6.07) is 15.4. The smallest absolute Gasteiger partial charge is 0.266 e. The molecule has 0 radical (unpaired) electrons. The van der Waals surface area contributed by atoms with E-state index < -0.39 is 11.7 Å². The number of amides is 1. The molecule has 0 aliphatic carbocycles. The van der Waals surface area contributed by atoms with Crippen LogP contribution in [0, 0.1) is 17.1 Å². The number of benzene rings is 2. The second-order valence-electron chi connectivity index (χ2n) is 5.46. The van der Waals surface area contributed by atoms with Crippen LogP contribution in [0.1, 0.15) is 5.76 Å². The van der Waals surface area contributed by atoms with E-state index >= 15 is 0 Å². The van der Waals surface area contributed by atoms with Gasteiger partial charge in [-0.15, -0.1) is 0 Å². The zero-order valence-corrected chi connectivity index (χ0v) is 15.2. The van der Waals surface area contributed by atoms with Gasteiger partial charge in [0.1, 0.15) is 29.0 Å². The lowest BCUT2D eigenvalue weighted by Crippen LogP contribution is -2.13. The first-order valence-corrected chi connectivity index (χ1v) is 8.46. The molecule has 0 spiro atoms. The number of furan rings is 1. The first kappa shape index (κ1) is 18.7. The highest BCUT2D eigenvalue weighted by atomic mass is 35.5. The minimum absolute atomic E-state index is 0.192. The number of nitrogens with zero attached hydrogens (tertiary/aromatic N) is 1. The zero-order chi connectivity index (χ0) is 19.4. The summed E-state index contributed by atoms with van der Waals surface area (Å²) < 4.78 is 18.9. The van der Waals surface area contributed by atoms with Gasteiger partial charge in [-0.2, -0.15) is 5.26 Å². The van der Waals surface area contributed by atoms with E-state index in [0.717, 1.165) is 6.07 Å². The molecule has 1 N–H and O–H groups in total. The first-order valence-electron chi connectivity index (χ1n) is 7.70. The van der Waals surface area contributed by atoms with Gasteiger partial charge in [-0.05, 0) is 48.5 Å². The fourth-order valence-electron chi connectivity index (χ4n) is 2.32. The molecule has 0 aliphatic rings. The summed E-state index contributed by atoms with van der Waals surface area (Å²) in [6.07, 6.45) is 1.29. The summed E-state index contributed by atoms with van der Waals surface area (Å²) in [7, 11) is 0. The molecule has 1 heterocycles. The van der Waals surface area contributed by atoms with E-state index in [4.69, 9.17) is 27.6 Å². The van der Waals surface area contributed by atoms with Crippen LogP contribution in [0.15, 0.2) is 64.6 Å². The molecule has 3 rings (SSSR count). The van der Waals surface area contributed by atoms with Crippen molar-refractivity contribution < 1.29 is 13.6 Å². The maximum absolute atomic E-state index is 13.2. The predicted octanol–water partition coefficient (Wildman–Crippen LogP) is 5.94. The van der Waals surface area contributed by atoms with Gasteiger partial charge in [0.15, 0.2) is 0 Å². The van der Waals surface area contributed by atoms with E-state index in [1.54, 1.807) is 36.4 Å². The Morgan fingerprint density at radius 1 is 1.15 bits per heavy atom. The number of nitrogens with one attached hydrogen (secondary N) is 1. The largest absolute Gasteiger partial charge is 0.457 e. The third-order valence-electron chi connectivity index (χ3n) is 3.56. The lowest BCUT2D eigenvalue weighted by atomic mass is 10.2. The van der Waals surface area contributed by atoms with Crippen molar-refractivity contribution in [2.45, 2.75) is 0 Å². The van der Waals surface area contributed by atoms with Crippen LogP contribution in [0.2, 0.25) is 10.0 Å². The molecule has 7 heteroatoms. The highest BCUT2D eigenvalue weighted by Crippen LogP contribution is 2.32. The van der Waals surface area contributed by atoms with Gasteiger partial charge in [-0.3, -0.25) is 4.79 Å². The monoisotopic (exact) mass is 400 g/mol. The van der Waals surface area contributed by atoms with Gasteiger partial charge in [0.2, 0.25) is 0 Å². The molecule has 0 aliphatic heterocycles. The number of carbonyl (C=O) groups is 1. The molecule has 0 saturated carbocycles. The Morgan fingerprint density at radius 3 is 2.67 bits per heavy atom. The lowest BCUT2D eigenvalue weighted by Gasteiger charge is -2.04. The third-order valence-corrected chi connectivity index (χ3v) is 4.11. The molecule has 4 nitrogen and oxygen atoms in total. The maximum atomic E-state index is 13.2. The van der Waals surface area contributed by atoms with Gasteiger partial charge in [0.05, 0.1) is 5.02 Å². The maximum Gasteiger partial charge on any atom is 0.266 e. The third kappa shape index (κ3) is 4.56. The average Bonchev–Trinajstić information content (AvgIpc) is 3.08. The summed E-state index contributed by atoms with van der Waals surface area (Å²) in [5.74, 6) is -0.413. The molecule has 1 amide bonds. The van der Waals surface area contributed by atoms with Crippen LogP contribution in [0.25, 0.3) is 17.4 Å². The highest BCUT2D eigenvalue weighted by Gasteiger charge is 2.13. The summed E-state index contributed by atoms with van der Waals surface area (Å²) in [5.41, 5.74) is 0.681. The summed E-state index contributed by atoms with van der Waals surface area (Å²) in [5, 5.41) is 12.6. The van der Waals surface area contributed by atoms with Crippen LogP contribution in [-0.4, -0.2) is 5.91 Å². The molecular formula is C20H11Cl2FN2O2. The van der Waals surface area contributed by atoms with E-state index in [1.165, 1.54) is 24.3 Å². The fraction of sp³-hybridized carbons (Fsp3) is 0. The second kappa shape index (κ2) is 8.09. The first-order chi connectivity index (χ1) is 13.0. The lowest BCUT2D eigenvalue weighted by molar-refractivity contribution is -0.112. The Bertz CT molecular complexity index is 1080. The summed E-state index contributed by atoms with van der Waals surface area (Å²) >= 11 is 12.0. The van der Waals surface area contributed by atoms with Crippen molar-refractivity contribution in [3.63, 3.8) is 0 Å². The van der Waals surface area contributed by atoms with Crippen LogP contribution in [0.5, 0.6) is 0 Å². The van der Waals surface area contributed by atoms with Crippen LogP contribution < -0.4 is 5.32 Å². The minimum atomic E-state index is -0.675. The van der Waals surface area contributed by atoms with E-state index in [2.05, 4.69) is 5.32 Å². The Hall–Kier alpha value is -3.07. The number of carbonyl (C=O) groups excluding carboxylic acids is 1. The van der Waals surface area contributed by atoms with Crippen molar-refractivity contribution in [3.8, 4) is 17.4 Å². The van der Waals surface area contributed by atoms with Gasteiger partial charge in [-0.1, -0.05) is 29.3 Å². The quantitative estimate of drug-likeness (QED) is 0.435. The second-order valence-corrected chi connectivity index (χ2v) is 6.30. The molecule has 134 valence electrons. The molecule has 27 heavy (non-hydrogen) atoms. The summed E-state index contributed by atoms with van der Waals surface area (Å²) in [4.78, 5) is 12.2. The van der Waals surface area contributed by atoms with Gasteiger partial charge < -0.3 is 9.73 Å². The number of halogens is 3. The van der Waals surface area contributed by atoms with Crippen molar-refractivity contribution in [2.75, 3.05) is 5.32 Å². The fourth-order valence-corrected chi connectivity index (χ4v) is 2.82. The number of anilines is 1. The van der Waals surface area contributed by atoms with Gasteiger partial charge >= 0.3 is 0 Å². The Morgan fingerprint density at radius 2 is 1.96 bits per heavy atom. The van der Waals surface area contributed by atoms with Crippen molar-refractivity contribution in [3.05, 3.63) is 81.8 Å². The van der Waals surface area contributed by atoms with Crippen LogP contribution >= 0.6 is 23.2 Å². The molecule has 0 atom stereocenters. The van der Waals surface area contributed by atoms with Crippen LogP contribution in [-0.2, 0) is 4.79 Å². The number of nitriles is 1. The van der Waals surface area contributed by atoms with Gasteiger partial charge in [0.25, 0.3) is 5.91 Å². The molecule has 0 bridgehead atoms. The van der Waals surface area contributed by atoms with Crippen molar-refractivity contribution in [1.29, 1.82) is 5.26 Å². The number of hydrogen-bond acceptors (Lipinski definition) is 3. The van der Waals surface area contributed by atoms with E-state index in [9.17, 15) is 14.4 Å². The molecule has 0 unspecified atom stereocenters. The standard InChI is InChI=1S/C20H11Cl2FN2O2/c21-13-4-6-17(18(22)9-13)19-7-5-16(27-19)8-12(11-24)20(26)25-15-3-1-2-14(23)10-15/h1-10H,(H,25,26)/b12-8+. The van der Waals surface area contributed by atoms with Gasteiger partial charge in [0, 0.05) is 22.3 Å².